The fourth-order valence-corrected chi connectivity index (χ4v) is 5.65. The van der Waals surface area contributed by atoms with Gasteiger partial charge in [0.2, 0.25) is 0 Å². The number of rotatable bonds is 2. The van der Waals surface area contributed by atoms with Gasteiger partial charge in [-0.05, 0) is 80.9 Å². The number of hydrogen-bond acceptors (Lipinski definition) is 3. The Balaban J connectivity index is 1.29. The summed E-state index contributed by atoms with van der Waals surface area (Å²) in [6.07, 6.45) is 0. The lowest BCUT2D eigenvalue weighted by molar-refractivity contribution is 0.359. The zero-order chi connectivity index (χ0) is 25.1. The molecule has 0 saturated carbocycles. The topological polar surface area (TPSA) is 42.2 Å². The van der Waals surface area contributed by atoms with Crippen molar-refractivity contribution in [2.24, 2.45) is 0 Å². The molecule has 5 aromatic rings. The fourth-order valence-electron chi connectivity index (χ4n) is 5.65. The van der Waals surface area contributed by atoms with Crippen LogP contribution in [0.3, 0.4) is 0 Å². The molecular formula is C34H23NO2. The summed E-state index contributed by atoms with van der Waals surface area (Å²) in [5.74, 6) is 2.89. The van der Waals surface area contributed by atoms with Gasteiger partial charge in [-0.15, -0.1) is 0 Å². The van der Waals surface area contributed by atoms with Gasteiger partial charge in [-0.25, -0.2) is 0 Å². The molecule has 0 N–H and O–H groups in total. The molecule has 3 heteroatoms. The van der Waals surface area contributed by atoms with E-state index in [1.807, 2.05) is 48.5 Å². The van der Waals surface area contributed by atoms with Gasteiger partial charge in [-0.2, -0.15) is 5.26 Å². The van der Waals surface area contributed by atoms with Crippen molar-refractivity contribution in [3.8, 4) is 62.4 Å². The maximum absolute atomic E-state index is 9.16. The van der Waals surface area contributed by atoms with Crippen molar-refractivity contribution >= 4 is 0 Å². The SMILES string of the molecule is CC1(C)c2ccccc2-c2cc3c(cc21)Oc1ccc(-c2ccccc2-c2ccc(C#N)cc2)cc1O3. The average Bonchev–Trinajstić information content (AvgIpc) is 3.16. The Bertz CT molecular complexity index is 1760. The third kappa shape index (κ3) is 3.27. The zero-order valence-electron chi connectivity index (χ0n) is 20.6. The lowest BCUT2D eigenvalue weighted by Gasteiger charge is -2.25. The van der Waals surface area contributed by atoms with Gasteiger partial charge in [0, 0.05) is 5.41 Å². The third-order valence-corrected chi connectivity index (χ3v) is 7.59. The second kappa shape index (κ2) is 7.85. The van der Waals surface area contributed by atoms with Crippen LogP contribution in [-0.4, -0.2) is 0 Å². The first-order valence-corrected chi connectivity index (χ1v) is 12.4. The Morgan fingerprint density at radius 3 is 1.89 bits per heavy atom. The minimum absolute atomic E-state index is 0.0936. The summed E-state index contributed by atoms with van der Waals surface area (Å²) in [7, 11) is 0. The molecule has 0 fully saturated rings. The van der Waals surface area contributed by atoms with E-state index in [0.29, 0.717) is 17.1 Å². The molecule has 0 saturated heterocycles. The quantitative estimate of drug-likeness (QED) is 0.250. The van der Waals surface area contributed by atoms with Gasteiger partial charge < -0.3 is 9.47 Å². The highest BCUT2D eigenvalue weighted by atomic mass is 16.6. The highest BCUT2D eigenvalue weighted by molar-refractivity contribution is 5.86. The van der Waals surface area contributed by atoms with Gasteiger partial charge in [0.25, 0.3) is 0 Å². The van der Waals surface area contributed by atoms with Crippen LogP contribution in [0.1, 0.15) is 30.5 Å². The smallest absolute Gasteiger partial charge is 0.170 e. The van der Waals surface area contributed by atoms with Crippen molar-refractivity contribution in [2.75, 3.05) is 0 Å². The van der Waals surface area contributed by atoms with Crippen molar-refractivity contribution in [2.45, 2.75) is 19.3 Å². The molecule has 3 nitrogen and oxygen atoms in total. The van der Waals surface area contributed by atoms with Crippen molar-refractivity contribution in [3.05, 3.63) is 120 Å². The van der Waals surface area contributed by atoms with Crippen LogP contribution < -0.4 is 9.47 Å². The van der Waals surface area contributed by atoms with Gasteiger partial charge in [-0.3, -0.25) is 0 Å². The second-order valence-electron chi connectivity index (χ2n) is 10.1. The van der Waals surface area contributed by atoms with Crippen LogP contribution in [0.5, 0.6) is 23.0 Å². The average molecular weight is 478 g/mol. The largest absolute Gasteiger partial charge is 0.450 e. The van der Waals surface area contributed by atoms with Crippen molar-refractivity contribution in [3.63, 3.8) is 0 Å². The van der Waals surface area contributed by atoms with E-state index in [0.717, 1.165) is 33.8 Å². The normalized spacial score (nSPS) is 13.8. The Hall–Kier alpha value is -4.81. The predicted octanol–water partition coefficient (Wildman–Crippen LogP) is 9.10. The Morgan fingerprint density at radius 1 is 0.541 bits per heavy atom. The van der Waals surface area contributed by atoms with E-state index >= 15 is 0 Å². The number of hydrogen-bond donors (Lipinski definition) is 0. The van der Waals surface area contributed by atoms with Crippen molar-refractivity contribution < 1.29 is 9.47 Å². The molecule has 1 aliphatic heterocycles. The maximum Gasteiger partial charge on any atom is 0.170 e. The van der Waals surface area contributed by atoms with Gasteiger partial charge in [0.15, 0.2) is 23.0 Å². The Kier molecular flexibility index (Phi) is 4.55. The molecule has 7 rings (SSSR count). The molecule has 37 heavy (non-hydrogen) atoms. The monoisotopic (exact) mass is 477 g/mol. The van der Waals surface area contributed by atoms with E-state index in [1.54, 1.807) is 0 Å². The lowest BCUT2D eigenvalue weighted by atomic mass is 9.82. The summed E-state index contributed by atoms with van der Waals surface area (Å²) < 4.78 is 12.8. The number of ether oxygens (including phenoxy) is 2. The van der Waals surface area contributed by atoms with Gasteiger partial charge in [0.1, 0.15) is 0 Å². The van der Waals surface area contributed by atoms with Crippen LogP contribution in [0.25, 0.3) is 33.4 Å². The summed E-state index contributed by atoms with van der Waals surface area (Å²) in [5, 5.41) is 9.16. The maximum atomic E-state index is 9.16. The minimum atomic E-state index is -0.0936. The Labute approximate surface area is 216 Å². The second-order valence-corrected chi connectivity index (χ2v) is 10.1. The van der Waals surface area contributed by atoms with Gasteiger partial charge in [-0.1, -0.05) is 80.6 Å². The summed E-state index contributed by atoms with van der Waals surface area (Å²) in [5.41, 5.74) is 9.89. The molecule has 5 aromatic carbocycles. The summed E-state index contributed by atoms with van der Waals surface area (Å²) in [6.45, 7) is 4.53. The molecule has 0 unspecified atom stereocenters. The molecule has 0 spiro atoms. The fraction of sp³-hybridized carbons (Fsp3) is 0.0882. The van der Waals surface area contributed by atoms with E-state index in [-0.39, 0.29) is 5.41 Å². The van der Waals surface area contributed by atoms with E-state index < -0.39 is 0 Å². The van der Waals surface area contributed by atoms with E-state index in [4.69, 9.17) is 14.7 Å². The summed E-state index contributed by atoms with van der Waals surface area (Å²) in [4.78, 5) is 0. The third-order valence-electron chi connectivity index (χ3n) is 7.59. The van der Waals surface area contributed by atoms with E-state index in [9.17, 15) is 0 Å². The summed E-state index contributed by atoms with van der Waals surface area (Å²) in [6, 6.07) is 37.1. The number of fused-ring (bicyclic) bond motifs is 5. The summed E-state index contributed by atoms with van der Waals surface area (Å²) >= 11 is 0. The highest BCUT2D eigenvalue weighted by Gasteiger charge is 2.37. The molecule has 0 bridgehead atoms. The Morgan fingerprint density at radius 2 is 1.14 bits per heavy atom. The first-order valence-electron chi connectivity index (χ1n) is 12.4. The standard InChI is InChI=1S/C34H23NO2/c1-34(2)28-10-6-5-9-26(28)27-18-32-33(19-29(27)34)36-30-16-15-23(17-31(30)37-32)25-8-4-3-7-24(25)22-13-11-21(20-35)12-14-22/h3-19H,1-2H3. The minimum Gasteiger partial charge on any atom is -0.450 e. The van der Waals surface area contributed by atoms with E-state index in [2.05, 4.69) is 74.5 Å². The van der Waals surface area contributed by atoms with Crippen LogP contribution in [-0.2, 0) is 5.41 Å². The molecule has 1 aliphatic carbocycles. The zero-order valence-corrected chi connectivity index (χ0v) is 20.6. The van der Waals surface area contributed by atoms with Crippen LogP contribution in [0.4, 0.5) is 0 Å². The molecule has 0 amide bonds. The van der Waals surface area contributed by atoms with E-state index in [1.165, 1.54) is 22.3 Å². The first kappa shape index (κ1) is 21.5. The molecule has 2 aliphatic rings. The lowest BCUT2D eigenvalue weighted by Crippen LogP contribution is -2.15. The van der Waals surface area contributed by atoms with Crippen molar-refractivity contribution in [1.82, 2.24) is 0 Å². The van der Waals surface area contributed by atoms with Crippen LogP contribution >= 0.6 is 0 Å². The van der Waals surface area contributed by atoms with Crippen LogP contribution in [0.15, 0.2) is 103 Å². The molecule has 0 atom stereocenters. The number of nitriles is 1. The molecular weight excluding hydrogens is 454 g/mol. The van der Waals surface area contributed by atoms with Crippen molar-refractivity contribution in [1.29, 1.82) is 5.26 Å². The molecule has 1 heterocycles. The van der Waals surface area contributed by atoms with Gasteiger partial charge in [0.05, 0.1) is 11.6 Å². The molecule has 0 radical (unpaired) electrons. The van der Waals surface area contributed by atoms with Crippen LogP contribution in [0, 0.1) is 11.3 Å². The number of nitrogens with zero attached hydrogens (tertiary/aromatic N) is 1. The predicted molar refractivity (Wildman–Crippen MR) is 146 cm³/mol. The van der Waals surface area contributed by atoms with Gasteiger partial charge >= 0.3 is 0 Å². The van der Waals surface area contributed by atoms with Crippen LogP contribution in [0.2, 0.25) is 0 Å². The highest BCUT2D eigenvalue weighted by Crippen LogP contribution is 2.55. The molecule has 176 valence electrons. The number of benzene rings is 5. The molecule has 0 aromatic heterocycles. The first-order chi connectivity index (χ1) is 18.0.